The van der Waals surface area contributed by atoms with Crippen LogP contribution in [-0.4, -0.2) is 32.1 Å². The molecule has 96 valence electrons. The van der Waals surface area contributed by atoms with Gasteiger partial charge in [0.1, 0.15) is 5.82 Å². The topological polar surface area (TPSA) is 83.3 Å². The van der Waals surface area contributed by atoms with Gasteiger partial charge in [-0.3, -0.25) is 4.79 Å². The fourth-order valence-electron chi connectivity index (χ4n) is 1.91. The number of carbonyl (C=O) groups is 1. The molecular formula is C13H10N2O3S. The van der Waals surface area contributed by atoms with Gasteiger partial charge < -0.3 is 10.2 Å². The van der Waals surface area contributed by atoms with Crippen molar-refractivity contribution in [2.45, 2.75) is 13.0 Å². The van der Waals surface area contributed by atoms with Crippen LogP contribution in [0.3, 0.4) is 0 Å². The van der Waals surface area contributed by atoms with E-state index in [1.165, 1.54) is 11.3 Å². The van der Waals surface area contributed by atoms with E-state index < -0.39 is 11.9 Å². The molecule has 1 aliphatic rings. The molecule has 1 aliphatic carbocycles. The van der Waals surface area contributed by atoms with Gasteiger partial charge in [-0.05, 0) is 25.1 Å². The molecule has 0 amide bonds. The third kappa shape index (κ3) is 1.85. The molecule has 0 fully saturated rings. The van der Waals surface area contributed by atoms with Crippen molar-refractivity contribution in [1.29, 1.82) is 0 Å². The number of hydrogen-bond donors (Lipinski definition) is 2. The standard InChI is InChI=1S/C13H10N2O3S/c1-6-14-5-4-7(15-6)8-2-3-9(19-8)10-11(16)13(18)12(10)17/h2-5,11,16-17H,1H3. The van der Waals surface area contributed by atoms with E-state index >= 15 is 0 Å². The highest BCUT2D eigenvalue weighted by atomic mass is 32.1. The number of hydrogen-bond acceptors (Lipinski definition) is 6. The Balaban J connectivity index is 1.99. The van der Waals surface area contributed by atoms with Crippen molar-refractivity contribution in [3.8, 4) is 10.6 Å². The maximum absolute atomic E-state index is 11.1. The second kappa shape index (κ2) is 4.25. The molecule has 0 radical (unpaired) electrons. The number of Topliss-reactive ketones (excluding diaryl/α,β-unsaturated/α-hetero) is 1. The minimum absolute atomic E-state index is 0.298. The Hall–Kier alpha value is -2.05. The summed E-state index contributed by atoms with van der Waals surface area (Å²) in [5.74, 6) is -0.295. The lowest BCUT2D eigenvalue weighted by Gasteiger charge is -2.22. The highest BCUT2D eigenvalue weighted by Gasteiger charge is 2.39. The summed E-state index contributed by atoms with van der Waals surface area (Å²) in [4.78, 5) is 21.0. The molecule has 1 unspecified atom stereocenters. The second-order valence-corrected chi connectivity index (χ2v) is 5.27. The Labute approximate surface area is 112 Å². The third-order valence-corrected chi connectivity index (χ3v) is 4.05. The largest absolute Gasteiger partial charge is 0.504 e. The molecule has 2 aromatic heterocycles. The average molecular weight is 274 g/mol. The predicted molar refractivity (Wildman–Crippen MR) is 70.6 cm³/mol. The molecule has 0 aliphatic heterocycles. The van der Waals surface area contributed by atoms with Gasteiger partial charge in [-0.25, -0.2) is 9.97 Å². The number of rotatable bonds is 2. The molecule has 19 heavy (non-hydrogen) atoms. The lowest BCUT2D eigenvalue weighted by atomic mass is 9.90. The van der Waals surface area contributed by atoms with E-state index in [0.29, 0.717) is 16.3 Å². The molecule has 0 saturated carbocycles. The summed E-state index contributed by atoms with van der Waals surface area (Å²) in [5.41, 5.74) is 1.08. The molecule has 2 N–H and O–H groups in total. The number of aliphatic hydroxyl groups is 2. The molecule has 5 nitrogen and oxygen atoms in total. The van der Waals surface area contributed by atoms with Crippen LogP contribution in [0.5, 0.6) is 0 Å². The van der Waals surface area contributed by atoms with E-state index in [2.05, 4.69) is 9.97 Å². The molecule has 2 heterocycles. The number of carbonyl (C=O) groups excluding carboxylic acids is 1. The zero-order valence-electron chi connectivity index (χ0n) is 9.99. The number of aromatic nitrogens is 2. The van der Waals surface area contributed by atoms with Crippen LogP contribution in [0.2, 0.25) is 0 Å². The van der Waals surface area contributed by atoms with E-state index in [1.807, 2.05) is 6.07 Å². The van der Waals surface area contributed by atoms with Gasteiger partial charge in [0.15, 0.2) is 11.9 Å². The summed E-state index contributed by atoms with van der Waals surface area (Å²) in [6.45, 7) is 1.81. The van der Waals surface area contributed by atoms with Crippen LogP contribution in [0.4, 0.5) is 0 Å². The lowest BCUT2D eigenvalue weighted by Crippen LogP contribution is -2.34. The highest BCUT2D eigenvalue weighted by Crippen LogP contribution is 2.38. The van der Waals surface area contributed by atoms with Crippen LogP contribution in [0.25, 0.3) is 16.1 Å². The SMILES string of the molecule is Cc1nccc(-c2ccc(C3=C(O)C(=O)C3O)s2)n1. The molecule has 3 rings (SSSR count). The van der Waals surface area contributed by atoms with Crippen LogP contribution >= 0.6 is 11.3 Å². The summed E-state index contributed by atoms with van der Waals surface area (Å²) < 4.78 is 0. The van der Waals surface area contributed by atoms with E-state index in [9.17, 15) is 15.0 Å². The zero-order chi connectivity index (χ0) is 13.6. The van der Waals surface area contributed by atoms with Gasteiger partial charge in [-0.15, -0.1) is 11.3 Å². The van der Waals surface area contributed by atoms with Gasteiger partial charge in [-0.2, -0.15) is 0 Å². The van der Waals surface area contributed by atoms with Crippen molar-refractivity contribution in [2.75, 3.05) is 0 Å². The van der Waals surface area contributed by atoms with Gasteiger partial charge in [0.05, 0.1) is 16.1 Å². The molecule has 0 saturated heterocycles. The van der Waals surface area contributed by atoms with Gasteiger partial charge in [0.25, 0.3) is 0 Å². The van der Waals surface area contributed by atoms with Crippen molar-refractivity contribution in [3.63, 3.8) is 0 Å². The molecular weight excluding hydrogens is 264 g/mol. The quantitative estimate of drug-likeness (QED) is 0.871. The van der Waals surface area contributed by atoms with Crippen LogP contribution in [0.1, 0.15) is 10.7 Å². The minimum atomic E-state index is -1.21. The molecule has 0 aromatic carbocycles. The zero-order valence-corrected chi connectivity index (χ0v) is 10.8. The first kappa shape index (κ1) is 12.0. The highest BCUT2D eigenvalue weighted by molar-refractivity contribution is 7.16. The monoisotopic (exact) mass is 274 g/mol. The van der Waals surface area contributed by atoms with Crippen molar-refractivity contribution >= 4 is 22.7 Å². The molecule has 2 aromatic rings. The average Bonchev–Trinajstić information content (AvgIpc) is 2.88. The van der Waals surface area contributed by atoms with Gasteiger partial charge >= 0.3 is 0 Å². The molecule has 1 atom stereocenters. The van der Waals surface area contributed by atoms with Crippen LogP contribution in [0.15, 0.2) is 30.2 Å². The van der Waals surface area contributed by atoms with Crippen molar-refractivity contribution in [2.24, 2.45) is 0 Å². The van der Waals surface area contributed by atoms with Crippen LogP contribution in [-0.2, 0) is 4.79 Å². The summed E-state index contributed by atoms with van der Waals surface area (Å²) in [6, 6.07) is 5.40. The maximum atomic E-state index is 11.1. The Morgan fingerprint density at radius 1 is 1.26 bits per heavy atom. The predicted octanol–water partition coefficient (Wildman–Crippen LogP) is 1.73. The number of ketones is 1. The maximum Gasteiger partial charge on any atom is 0.230 e. The first-order valence-corrected chi connectivity index (χ1v) is 6.45. The normalized spacial score (nSPS) is 18.6. The summed E-state index contributed by atoms with van der Waals surface area (Å²) in [7, 11) is 0. The molecule has 0 spiro atoms. The molecule has 0 bridgehead atoms. The Morgan fingerprint density at radius 3 is 2.68 bits per heavy atom. The van der Waals surface area contributed by atoms with Crippen molar-refractivity contribution in [3.05, 3.63) is 40.9 Å². The minimum Gasteiger partial charge on any atom is -0.504 e. The van der Waals surface area contributed by atoms with E-state index in [-0.39, 0.29) is 5.76 Å². The second-order valence-electron chi connectivity index (χ2n) is 4.18. The Kier molecular flexibility index (Phi) is 2.69. The number of thiophene rings is 1. The number of aliphatic hydroxyl groups excluding tert-OH is 2. The number of aryl methyl sites for hydroxylation is 1. The first-order valence-electron chi connectivity index (χ1n) is 5.63. The first-order chi connectivity index (χ1) is 9.08. The van der Waals surface area contributed by atoms with Crippen molar-refractivity contribution in [1.82, 2.24) is 9.97 Å². The Morgan fingerprint density at radius 2 is 2.00 bits per heavy atom. The van der Waals surface area contributed by atoms with Crippen molar-refractivity contribution < 1.29 is 15.0 Å². The summed E-state index contributed by atoms with van der Waals surface area (Å²) >= 11 is 1.37. The van der Waals surface area contributed by atoms with E-state index in [1.54, 1.807) is 25.3 Å². The smallest absolute Gasteiger partial charge is 0.230 e. The lowest BCUT2D eigenvalue weighted by molar-refractivity contribution is -0.125. The fourth-order valence-corrected chi connectivity index (χ4v) is 2.96. The van der Waals surface area contributed by atoms with Gasteiger partial charge in [0, 0.05) is 11.1 Å². The third-order valence-electron chi connectivity index (χ3n) is 2.91. The van der Waals surface area contributed by atoms with E-state index in [4.69, 9.17) is 0 Å². The Bertz CT molecular complexity index is 705. The fraction of sp³-hybridized carbons (Fsp3) is 0.154. The number of nitrogens with zero attached hydrogens (tertiary/aromatic N) is 2. The summed E-state index contributed by atoms with van der Waals surface area (Å²) in [5, 5.41) is 19.0. The van der Waals surface area contributed by atoms with E-state index in [0.717, 1.165) is 10.6 Å². The van der Waals surface area contributed by atoms with Gasteiger partial charge in [0.2, 0.25) is 5.78 Å². The molecule has 6 heteroatoms. The summed E-state index contributed by atoms with van der Waals surface area (Å²) in [6.07, 6.45) is 0.467. The van der Waals surface area contributed by atoms with Crippen LogP contribution in [0, 0.1) is 6.92 Å². The van der Waals surface area contributed by atoms with Crippen LogP contribution < -0.4 is 0 Å². The van der Waals surface area contributed by atoms with Gasteiger partial charge in [-0.1, -0.05) is 0 Å².